The highest BCUT2D eigenvalue weighted by atomic mass is 35.5. The smallest absolute Gasteiger partial charge is 0.268 e. The maximum absolute atomic E-state index is 13.8. The number of hydrogen-bond acceptors (Lipinski definition) is 5. The lowest BCUT2D eigenvalue weighted by molar-refractivity contribution is 0.318. The molecule has 5 rings (SSSR count). The third-order valence-corrected chi connectivity index (χ3v) is 7.42. The zero-order valence-electron chi connectivity index (χ0n) is 16.6. The van der Waals surface area contributed by atoms with Crippen LogP contribution in [0.2, 0.25) is 5.02 Å². The molecule has 1 saturated carbocycles. The van der Waals surface area contributed by atoms with Gasteiger partial charge in [0.25, 0.3) is 5.56 Å². The first kappa shape index (κ1) is 19.1. The van der Waals surface area contributed by atoms with E-state index in [0.29, 0.717) is 17.0 Å². The Kier molecular flexibility index (Phi) is 5.10. The van der Waals surface area contributed by atoms with Gasteiger partial charge in [0.05, 0.1) is 11.1 Å². The molecule has 1 aliphatic carbocycles. The summed E-state index contributed by atoms with van der Waals surface area (Å²) in [5, 5.41) is 5.00. The van der Waals surface area contributed by atoms with Crippen molar-refractivity contribution < 1.29 is 0 Å². The van der Waals surface area contributed by atoms with Gasteiger partial charge in [-0.1, -0.05) is 36.9 Å². The maximum Gasteiger partial charge on any atom is 0.268 e. The van der Waals surface area contributed by atoms with E-state index in [1.54, 1.807) is 15.9 Å². The molecule has 3 heterocycles. The summed E-state index contributed by atoms with van der Waals surface area (Å²) in [5.41, 5.74) is 1.96. The van der Waals surface area contributed by atoms with E-state index in [1.165, 1.54) is 29.7 Å². The molecule has 1 aliphatic heterocycles. The molecule has 7 heteroatoms. The lowest BCUT2D eigenvalue weighted by atomic mass is 9.96. The van der Waals surface area contributed by atoms with Gasteiger partial charge in [0.15, 0.2) is 0 Å². The second-order valence-corrected chi connectivity index (χ2v) is 9.73. The van der Waals surface area contributed by atoms with Gasteiger partial charge >= 0.3 is 0 Å². The molecule has 2 aromatic heterocycles. The summed E-state index contributed by atoms with van der Waals surface area (Å²) in [6.07, 6.45) is 6.87. The predicted molar refractivity (Wildman–Crippen MR) is 121 cm³/mol. The van der Waals surface area contributed by atoms with E-state index in [4.69, 9.17) is 16.6 Å². The average Bonchev–Trinajstić information content (AvgIpc) is 3.06. The van der Waals surface area contributed by atoms with E-state index in [9.17, 15) is 4.79 Å². The minimum Gasteiger partial charge on any atom is -0.352 e. The molecule has 1 aromatic carbocycles. The minimum atomic E-state index is 0.0117. The SMILES string of the molecule is CN1CCc2c(sc3nc(NC4CCCCC4)n(-c4cccc(Cl)c4)c(=O)c23)C1. The van der Waals surface area contributed by atoms with Crippen LogP contribution in [0.3, 0.4) is 0 Å². The average molecular weight is 429 g/mol. The first-order valence-electron chi connectivity index (χ1n) is 10.4. The van der Waals surface area contributed by atoms with Gasteiger partial charge in [0.2, 0.25) is 5.95 Å². The molecule has 152 valence electrons. The highest BCUT2D eigenvalue weighted by Gasteiger charge is 2.25. The van der Waals surface area contributed by atoms with Gasteiger partial charge in [-0.05, 0) is 50.1 Å². The molecule has 3 aromatic rings. The Morgan fingerprint density at radius 2 is 2.07 bits per heavy atom. The van der Waals surface area contributed by atoms with Gasteiger partial charge in [0, 0.05) is 29.0 Å². The van der Waals surface area contributed by atoms with Crippen molar-refractivity contribution in [1.29, 1.82) is 0 Å². The summed E-state index contributed by atoms with van der Waals surface area (Å²) in [5.74, 6) is 0.642. The molecule has 1 N–H and O–H groups in total. The number of benzene rings is 1. The summed E-state index contributed by atoms with van der Waals surface area (Å²) in [6, 6.07) is 7.85. The fourth-order valence-electron chi connectivity index (χ4n) is 4.55. The molecule has 1 fully saturated rings. The van der Waals surface area contributed by atoms with Gasteiger partial charge in [-0.25, -0.2) is 9.55 Å². The Bertz CT molecular complexity index is 1120. The summed E-state index contributed by atoms with van der Waals surface area (Å²) >= 11 is 7.93. The van der Waals surface area contributed by atoms with Crippen LogP contribution in [0.5, 0.6) is 0 Å². The Morgan fingerprint density at radius 3 is 2.86 bits per heavy atom. The van der Waals surface area contributed by atoms with Crippen molar-refractivity contribution >= 4 is 39.1 Å². The third kappa shape index (κ3) is 3.58. The predicted octanol–water partition coefficient (Wildman–Crippen LogP) is 4.83. The van der Waals surface area contributed by atoms with Crippen LogP contribution in [0.4, 0.5) is 5.95 Å². The number of thiophene rings is 1. The second kappa shape index (κ2) is 7.74. The van der Waals surface area contributed by atoms with Gasteiger partial charge < -0.3 is 10.2 Å². The zero-order chi connectivity index (χ0) is 20.0. The number of rotatable bonds is 3. The van der Waals surface area contributed by atoms with Crippen LogP contribution >= 0.6 is 22.9 Å². The number of anilines is 1. The molecule has 5 nitrogen and oxygen atoms in total. The Hall–Kier alpha value is -1.89. The number of hydrogen-bond donors (Lipinski definition) is 1. The number of aromatic nitrogens is 2. The fourth-order valence-corrected chi connectivity index (χ4v) is 6.03. The summed E-state index contributed by atoms with van der Waals surface area (Å²) in [4.78, 5) is 23.1. The lowest BCUT2D eigenvalue weighted by Gasteiger charge is -2.25. The van der Waals surface area contributed by atoms with Crippen molar-refractivity contribution in [2.75, 3.05) is 18.9 Å². The molecule has 0 atom stereocenters. The van der Waals surface area contributed by atoms with E-state index in [1.807, 2.05) is 24.3 Å². The Balaban J connectivity index is 1.70. The monoisotopic (exact) mass is 428 g/mol. The van der Waals surface area contributed by atoms with Crippen LogP contribution < -0.4 is 10.9 Å². The van der Waals surface area contributed by atoms with Crippen molar-refractivity contribution in [3.63, 3.8) is 0 Å². The van der Waals surface area contributed by atoms with Crippen LogP contribution in [0.15, 0.2) is 29.1 Å². The molecular weight excluding hydrogens is 404 g/mol. The Morgan fingerprint density at radius 1 is 1.24 bits per heavy atom. The second-order valence-electron chi connectivity index (χ2n) is 8.21. The lowest BCUT2D eigenvalue weighted by Crippen LogP contribution is -2.30. The van der Waals surface area contributed by atoms with Crippen molar-refractivity contribution in [2.45, 2.75) is 51.1 Å². The molecule has 2 aliphatic rings. The van der Waals surface area contributed by atoms with E-state index >= 15 is 0 Å². The summed E-state index contributed by atoms with van der Waals surface area (Å²) < 4.78 is 1.73. The molecule has 0 amide bonds. The molecule has 0 radical (unpaired) electrons. The molecular formula is C22H25ClN4OS. The van der Waals surface area contributed by atoms with E-state index in [-0.39, 0.29) is 5.56 Å². The van der Waals surface area contributed by atoms with Gasteiger partial charge in [-0.2, -0.15) is 0 Å². The topological polar surface area (TPSA) is 50.2 Å². The molecule has 29 heavy (non-hydrogen) atoms. The van der Waals surface area contributed by atoms with Gasteiger partial charge in [-0.15, -0.1) is 11.3 Å². The van der Waals surface area contributed by atoms with Crippen molar-refractivity contribution in [1.82, 2.24) is 14.5 Å². The number of likely N-dealkylation sites (N-methyl/N-ethyl adjacent to an activating group) is 1. The first-order chi connectivity index (χ1) is 14.1. The number of nitrogens with zero attached hydrogens (tertiary/aromatic N) is 3. The quantitative estimate of drug-likeness (QED) is 0.648. The van der Waals surface area contributed by atoms with Crippen LogP contribution in [-0.4, -0.2) is 34.1 Å². The highest BCUT2D eigenvalue weighted by molar-refractivity contribution is 7.18. The van der Waals surface area contributed by atoms with Gasteiger partial charge in [0.1, 0.15) is 4.83 Å². The molecule has 0 unspecified atom stereocenters. The first-order valence-corrected chi connectivity index (χ1v) is 11.6. The van der Waals surface area contributed by atoms with Crippen LogP contribution in [0.1, 0.15) is 42.5 Å². The highest BCUT2D eigenvalue weighted by Crippen LogP contribution is 2.34. The third-order valence-electron chi connectivity index (χ3n) is 6.07. The normalized spacial score (nSPS) is 18.1. The van der Waals surface area contributed by atoms with E-state index in [0.717, 1.165) is 48.3 Å². The standard InChI is InChI=1S/C22H25ClN4OS/c1-26-11-10-17-18(13-26)29-20-19(17)21(28)27(16-9-5-6-14(23)12-16)22(25-20)24-15-7-3-2-4-8-15/h5-6,9,12,15H,2-4,7-8,10-11,13H2,1H3,(H,24,25). The van der Waals surface area contributed by atoms with Crippen molar-refractivity contribution in [2.24, 2.45) is 0 Å². The van der Waals surface area contributed by atoms with E-state index in [2.05, 4.69) is 17.3 Å². The van der Waals surface area contributed by atoms with Crippen molar-refractivity contribution in [3.8, 4) is 5.69 Å². The van der Waals surface area contributed by atoms with Crippen LogP contribution in [0, 0.1) is 0 Å². The summed E-state index contributed by atoms with van der Waals surface area (Å²) in [7, 11) is 2.13. The van der Waals surface area contributed by atoms with Crippen LogP contribution in [0.25, 0.3) is 15.9 Å². The number of nitrogens with one attached hydrogen (secondary N) is 1. The summed E-state index contributed by atoms with van der Waals surface area (Å²) in [6.45, 7) is 1.86. The fraction of sp³-hybridized carbons (Fsp3) is 0.455. The van der Waals surface area contributed by atoms with Gasteiger partial charge in [-0.3, -0.25) is 4.79 Å². The molecule has 0 bridgehead atoms. The number of halogens is 1. The minimum absolute atomic E-state index is 0.0117. The molecule has 0 spiro atoms. The maximum atomic E-state index is 13.8. The number of fused-ring (bicyclic) bond motifs is 3. The Labute approximate surface area is 179 Å². The zero-order valence-corrected chi connectivity index (χ0v) is 18.2. The van der Waals surface area contributed by atoms with E-state index < -0.39 is 0 Å². The molecule has 0 saturated heterocycles. The van der Waals surface area contributed by atoms with Crippen molar-refractivity contribution in [3.05, 3.63) is 50.1 Å². The van der Waals surface area contributed by atoms with Crippen LogP contribution in [-0.2, 0) is 13.0 Å². The largest absolute Gasteiger partial charge is 0.352 e.